The van der Waals surface area contributed by atoms with E-state index in [1.807, 2.05) is 0 Å². The molecule has 2 aromatic rings. The molecule has 1 heterocycles. The van der Waals surface area contributed by atoms with E-state index in [0.717, 1.165) is 13.0 Å². The Kier molecular flexibility index (Phi) is 5.86. The lowest BCUT2D eigenvalue weighted by Gasteiger charge is -2.13. The third-order valence-corrected chi connectivity index (χ3v) is 4.63. The van der Waals surface area contributed by atoms with Gasteiger partial charge < -0.3 is 14.8 Å². The van der Waals surface area contributed by atoms with E-state index in [9.17, 15) is 8.42 Å². The number of rotatable bonds is 8. The van der Waals surface area contributed by atoms with Crippen molar-refractivity contribution in [1.82, 2.24) is 4.98 Å². The van der Waals surface area contributed by atoms with Crippen molar-refractivity contribution in [3.05, 3.63) is 36.5 Å². The number of sulfonamides is 1. The van der Waals surface area contributed by atoms with Crippen LogP contribution in [0.5, 0.6) is 11.5 Å². The van der Waals surface area contributed by atoms with E-state index in [0.29, 0.717) is 17.3 Å². The molecule has 0 radical (unpaired) electrons. The molecule has 1 aromatic heterocycles. The SMILES string of the molecule is CCCNc1ccc(NS(=O)(=O)c2cc(OC)ccc2OC)cn1. The molecule has 24 heavy (non-hydrogen) atoms. The Labute approximate surface area is 142 Å². The number of methoxy groups -OCH3 is 2. The van der Waals surface area contributed by atoms with Crippen LogP contribution >= 0.6 is 0 Å². The van der Waals surface area contributed by atoms with Crippen LogP contribution in [-0.2, 0) is 10.0 Å². The minimum atomic E-state index is -3.83. The molecule has 7 nitrogen and oxygen atoms in total. The smallest absolute Gasteiger partial charge is 0.265 e. The van der Waals surface area contributed by atoms with Gasteiger partial charge in [0.15, 0.2) is 0 Å². The summed E-state index contributed by atoms with van der Waals surface area (Å²) in [5.74, 6) is 1.35. The lowest BCUT2D eigenvalue weighted by molar-refractivity contribution is 0.392. The third kappa shape index (κ3) is 4.29. The van der Waals surface area contributed by atoms with Gasteiger partial charge in [0.2, 0.25) is 0 Å². The maximum Gasteiger partial charge on any atom is 0.265 e. The van der Waals surface area contributed by atoms with Crippen molar-refractivity contribution in [2.45, 2.75) is 18.2 Å². The van der Waals surface area contributed by atoms with Gasteiger partial charge in [0.25, 0.3) is 10.0 Å². The first kappa shape index (κ1) is 17.9. The van der Waals surface area contributed by atoms with Crippen molar-refractivity contribution in [2.24, 2.45) is 0 Å². The quantitative estimate of drug-likeness (QED) is 0.760. The number of benzene rings is 1. The van der Waals surface area contributed by atoms with Crippen molar-refractivity contribution < 1.29 is 17.9 Å². The lowest BCUT2D eigenvalue weighted by atomic mass is 10.3. The molecule has 1 aromatic carbocycles. The standard InChI is InChI=1S/C16H21N3O4S/c1-4-9-17-16-8-5-12(11-18-16)19-24(20,21)15-10-13(22-2)6-7-14(15)23-3/h5-8,10-11,19H,4,9H2,1-3H3,(H,17,18). The van der Waals surface area contributed by atoms with Crippen LogP contribution in [-0.4, -0.2) is 34.2 Å². The zero-order valence-electron chi connectivity index (χ0n) is 13.9. The minimum absolute atomic E-state index is 0.00228. The lowest BCUT2D eigenvalue weighted by Crippen LogP contribution is -2.14. The number of ether oxygens (including phenoxy) is 2. The fourth-order valence-corrected chi connectivity index (χ4v) is 3.24. The molecule has 0 saturated heterocycles. The molecule has 0 aliphatic heterocycles. The number of nitrogens with zero attached hydrogens (tertiary/aromatic N) is 1. The van der Waals surface area contributed by atoms with Crippen LogP contribution < -0.4 is 19.5 Å². The van der Waals surface area contributed by atoms with Gasteiger partial charge in [0.05, 0.1) is 26.1 Å². The first-order chi connectivity index (χ1) is 11.5. The number of anilines is 2. The van der Waals surface area contributed by atoms with Crippen molar-refractivity contribution >= 4 is 21.5 Å². The Bertz CT molecular complexity index is 776. The normalized spacial score (nSPS) is 11.0. The monoisotopic (exact) mass is 351 g/mol. The molecule has 0 saturated carbocycles. The van der Waals surface area contributed by atoms with Crippen LogP contribution in [0.4, 0.5) is 11.5 Å². The maximum atomic E-state index is 12.6. The fraction of sp³-hybridized carbons (Fsp3) is 0.312. The van der Waals surface area contributed by atoms with Crippen LogP contribution in [0.2, 0.25) is 0 Å². The molecule has 130 valence electrons. The predicted molar refractivity (Wildman–Crippen MR) is 93.4 cm³/mol. The fourth-order valence-electron chi connectivity index (χ4n) is 2.02. The Morgan fingerprint density at radius 2 is 1.92 bits per heavy atom. The highest BCUT2D eigenvalue weighted by atomic mass is 32.2. The third-order valence-electron chi connectivity index (χ3n) is 3.23. The predicted octanol–water partition coefficient (Wildman–Crippen LogP) is 2.72. The molecule has 2 N–H and O–H groups in total. The molecule has 2 rings (SSSR count). The van der Waals surface area contributed by atoms with E-state index in [1.54, 1.807) is 24.3 Å². The summed E-state index contributed by atoms with van der Waals surface area (Å²) in [7, 11) is -0.951. The van der Waals surface area contributed by atoms with Gasteiger partial charge in [-0.05, 0) is 30.7 Å². The molecule has 0 atom stereocenters. The molecule has 8 heteroatoms. The van der Waals surface area contributed by atoms with E-state index < -0.39 is 10.0 Å². The summed E-state index contributed by atoms with van der Waals surface area (Å²) in [6.07, 6.45) is 2.44. The minimum Gasteiger partial charge on any atom is -0.497 e. The number of aromatic nitrogens is 1. The highest BCUT2D eigenvalue weighted by Crippen LogP contribution is 2.29. The summed E-state index contributed by atoms with van der Waals surface area (Å²) in [6.45, 7) is 2.86. The summed E-state index contributed by atoms with van der Waals surface area (Å²) in [5, 5.41) is 3.12. The zero-order valence-corrected chi connectivity index (χ0v) is 14.7. The van der Waals surface area contributed by atoms with Crippen LogP contribution in [0, 0.1) is 0 Å². The van der Waals surface area contributed by atoms with E-state index >= 15 is 0 Å². The summed E-state index contributed by atoms with van der Waals surface area (Å²) >= 11 is 0. The zero-order chi connectivity index (χ0) is 17.6. The van der Waals surface area contributed by atoms with Gasteiger partial charge in [0.1, 0.15) is 22.2 Å². The van der Waals surface area contributed by atoms with Crippen molar-refractivity contribution in [3.63, 3.8) is 0 Å². The molecular weight excluding hydrogens is 330 g/mol. The van der Waals surface area contributed by atoms with Gasteiger partial charge in [0, 0.05) is 12.6 Å². The van der Waals surface area contributed by atoms with E-state index in [1.165, 1.54) is 26.5 Å². The van der Waals surface area contributed by atoms with Crippen LogP contribution in [0.25, 0.3) is 0 Å². The summed E-state index contributed by atoms with van der Waals surface area (Å²) < 4.78 is 37.9. The molecule has 0 aliphatic rings. The largest absolute Gasteiger partial charge is 0.497 e. The Morgan fingerprint density at radius 3 is 2.50 bits per heavy atom. The van der Waals surface area contributed by atoms with Crippen molar-refractivity contribution in [3.8, 4) is 11.5 Å². The Balaban J connectivity index is 2.25. The molecule has 0 bridgehead atoms. The topological polar surface area (TPSA) is 89.5 Å². The summed E-state index contributed by atoms with van der Waals surface area (Å²) in [5.41, 5.74) is 0.363. The first-order valence-electron chi connectivity index (χ1n) is 7.45. The second-order valence-corrected chi connectivity index (χ2v) is 6.63. The molecule has 0 aliphatic carbocycles. The number of pyridine rings is 1. The number of nitrogens with one attached hydrogen (secondary N) is 2. The van der Waals surface area contributed by atoms with E-state index in [2.05, 4.69) is 21.9 Å². The Hall–Kier alpha value is -2.48. The molecule has 0 amide bonds. The van der Waals surface area contributed by atoms with Crippen molar-refractivity contribution in [2.75, 3.05) is 30.8 Å². The van der Waals surface area contributed by atoms with Gasteiger partial charge in [-0.3, -0.25) is 4.72 Å². The highest BCUT2D eigenvalue weighted by Gasteiger charge is 2.21. The molecule has 0 fully saturated rings. The van der Waals surface area contributed by atoms with E-state index in [-0.39, 0.29) is 10.6 Å². The second kappa shape index (κ2) is 7.87. The number of hydrogen-bond acceptors (Lipinski definition) is 6. The van der Waals surface area contributed by atoms with Crippen LogP contribution in [0.3, 0.4) is 0 Å². The average Bonchev–Trinajstić information content (AvgIpc) is 2.60. The molecular formula is C16H21N3O4S. The average molecular weight is 351 g/mol. The van der Waals surface area contributed by atoms with E-state index in [4.69, 9.17) is 9.47 Å². The van der Waals surface area contributed by atoms with Crippen molar-refractivity contribution in [1.29, 1.82) is 0 Å². The highest BCUT2D eigenvalue weighted by molar-refractivity contribution is 7.92. The Morgan fingerprint density at radius 1 is 1.12 bits per heavy atom. The summed E-state index contributed by atoms with van der Waals surface area (Å²) in [4.78, 5) is 4.17. The molecule has 0 spiro atoms. The maximum absolute atomic E-state index is 12.6. The van der Waals surface area contributed by atoms with Crippen LogP contribution in [0.1, 0.15) is 13.3 Å². The van der Waals surface area contributed by atoms with Gasteiger partial charge >= 0.3 is 0 Å². The van der Waals surface area contributed by atoms with Crippen LogP contribution in [0.15, 0.2) is 41.4 Å². The summed E-state index contributed by atoms with van der Waals surface area (Å²) in [6, 6.07) is 7.95. The molecule has 0 unspecified atom stereocenters. The van der Waals surface area contributed by atoms with Gasteiger partial charge in [-0.1, -0.05) is 6.92 Å². The van der Waals surface area contributed by atoms with Gasteiger partial charge in [-0.25, -0.2) is 13.4 Å². The van der Waals surface area contributed by atoms with Gasteiger partial charge in [-0.2, -0.15) is 0 Å². The first-order valence-corrected chi connectivity index (χ1v) is 8.93. The van der Waals surface area contributed by atoms with Gasteiger partial charge in [-0.15, -0.1) is 0 Å². The number of hydrogen-bond donors (Lipinski definition) is 2. The second-order valence-electron chi connectivity index (χ2n) is 4.98.